The van der Waals surface area contributed by atoms with Gasteiger partial charge in [0.15, 0.2) is 0 Å². The van der Waals surface area contributed by atoms with Crippen molar-refractivity contribution in [2.45, 2.75) is 45.6 Å². The lowest BCUT2D eigenvalue weighted by atomic mass is 10.2. The normalized spacial score (nSPS) is 20.8. The van der Waals surface area contributed by atoms with Gasteiger partial charge >= 0.3 is 0 Å². The van der Waals surface area contributed by atoms with Crippen LogP contribution in [0.2, 0.25) is 5.15 Å². The first-order chi connectivity index (χ1) is 9.56. The molecule has 4 nitrogen and oxygen atoms in total. The summed E-state index contributed by atoms with van der Waals surface area (Å²) < 4.78 is 0. The highest BCUT2D eigenvalue weighted by Crippen LogP contribution is 2.30. The van der Waals surface area contributed by atoms with Crippen molar-refractivity contribution in [3.63, 3.8) is 0 Å². The highest BCUT2D eigenvalue weighted by molar-refractivity contribution is 6.30. The van der Waals surface area contributed by atoms with Gasteiger partial charge in [0, 0.05) is 43.7 Å². The topological polar surface area (TPSA) is 32.3 Å². The molecule has 0 amide bonds. The van der Waals surface area contributed by atoms with Gasteiger partial charge in [-0.2, -0.15) is 0 Å². The van der Waals surface area contributed by atoms with Crippen molar-refractivity contribution in [2.24, 2.45) is 0 Å². The second-order valence-corrected chi connectivity index (χ2v) is 6.59. The number of hydrogen-bond donors (Lipinski definition) is 0. The summed E-state index contributed by atoms with van der Waals surface area (Å²) in [5, 5.41) is 0.600. The predicted molar refractivity (Wildman–Crippen MR) is 82.7 cm³/mol. The molecule has 1 saturated heterocycles. The maximum absolute atomic E-state index is 6.28. The van der Waals surface area contributed by atoms with Gasteiger partial charge in [0.1, 0.15) is 16.8 Å². The van der Waals surface area contributed by atoms with Gasteiger partial charge in [-0.25, -0.2) is 9.97 Å². The standard InChI is InChI=1S/C15H23ClN4/c1-10(2)14-17-13(16)11(3)15(18-14)20-8-6-19(7-9-20)12-4-5-12/h10,12H,4-9H2,1-3H3. The van der Waals surface area contributed by atoms with Gasteiger partial charge in [-0.05, 0) is 19.8 Å². The Labute approximate surface area is 126 Å². The van der Waals surface area contributed by atoms with E-state index in [4.69, 9.17) is 16.6 Å². The molecule has 1 aliphatic heterocycles. The first kappa shape index (κ1) is 14.1. The molecule has 0 bridgehead atoms. The van der Waals surface area contributed by atoms with Gasteiger partial charge in [0.25, 0.3) is 0 Å². The van der Waals surface area contributed by atoms with Crippen molar-refractivity contribution in [3.05, 3.63) is 16.5 Å². The number of aromatic nitrogens is 2. The van der Waals surface area contributed by atoms with Crippen molar-refractivity contribution < 1.29 is 0 Å². The lowest BCUT2D eigenvalue weighted by Crippen LogP contribution is -2.47. The Bertz CT molecular complexity index is 491. The molecule has 0 radical (unpaired) electrons. The monoisotopic (exact) mass is 294 g/mol. The van der Waals surface area contributed by atoms with Crippen molar-refractivity contribution in [1.82, 2.24) is 14.9 Å². The first-order valence-electron chi connectivity index (χ1n) is 7.59. The van der Waals surface area contributed by atoms with E-state index < -0.39 is 0 Å². The maximum Gasteiger partial charge on any atom is 0.137 e. The summed E-state index contributed by atoms with van der Waals surface area (Å²) in [5.41, 5.74) is 1.01. The molecular weight excluding hydrogens is 272 g/mol. The molecule has 110 valence electrons. The van der Waals surface area contributed by atoms with Gasteiger partial charge < -0.3 is 4.90 Å². The molecule has 0 spiro atoms. The molecule has 1 aromatic heterocycles. The molecule has 0 unspecified atom stereocenters. The second kappa shape index (κ2) is 5.49. The summed E-state index contributed by atoms with van der Waals surface area (Å²) in [5.74, 6) is 2.18. The Morgan fingerprint density at radius 2 is 1.75 bits per heavy atom. The van der Waals surface area contributed by atoms with Crippen LogP contribution in [0.15, 0.2) is 0 Å². The highest BCUT2D eigenvalue weighted by atomic mass is 35.5. The van der Waals surface area contributed by atoms with E-state index in [2.05, 4.69) is 28.6 Å². The summed E-state index contributed by atoms with van der Waals surface area (Å²) in [7, 11) is 0. The van der Waals surface area contributed by atoms with E-state index >= 15 is 0 Å². The van der Waals surface area contributed by atoms with E-state index in [9.17, 15) is 0 Å². The molecule has 0 N–H and O–H groups in total. The fourth-order valence-electron chi connectivity index (χ4n) is 2.80. The number of rotatable bonds is 3. The number of anilines is 1. The molecule has 1 aliphatic carbocycles. The van der Waals surface area contributed by atoms with Crippen LogP contribution < -0.4 is 4.90 Å². The van der Waals surface area contributed by atoms with E-state index in [1.165, 1.54) is 12.8 Å². The minimum atomic E-state index is 0.305. The number of nitrogens with zero attached hydrogens (tertiary/aromatic N) is 4. The second-order valence-electron chi connectivity index (χ2n) is 6.23. The molecule has 1 saturated carbocycles. The van der Waals surface area contributed by atoms with Crippen LogP contribution in [0.1, 0.15) is 44.0 Å². The van der Waals surface area contributed by atoms with Crippen LogP contribution in [0, 0.1) is 6.92 Å². The molecule has 5 heteroatoms. The van der Waals surface area contributed by atoms with E-state index in [-0.39, 0.29) is 0 Å². The third-order valence-corrected chi connectivity index (χ3v) is 4.64. The van der Waals surface area contributed by atoms with Gasteiger partial charge in [-0.1, -0.05) is 25.4 Å². The Morgan fingerprint density at radius 1 is 1.10 bits per heavy atom. The van der Waals surface area contributed by atoms with Crippen LogP contribution in [-0.4, -0.2) is 47.1 Å². The van der Waals surface area contributed by atoms with Crippen molar-refractivity contribution in [3.8, 4) is 0 Å². The zero-order valence-electron chi connectivity index (χ0n) is 12.6. The molecule has 2 heterocycles. The molecule has 20 heavy (non-hydrogen) atoms. The van der Waals surface area contributed by atoms with Crippen LogP contribution in [-0.2, 0) is 0 Å². The van der Waals surface area contributed by atoms with Gasteiger partial charge in [0.05, 0.1) is 0 Å². The van der Waals surface area contributed by atoms with Crippen LogP contribution in [0.5, 0.6) is 0 Å². The van der Waals surface area contributed by atoms with Crippen LogP contribution in [0.3, 0.4) is 0 Å². The predicted octanol–water partition coefficient (Wildman–Crippen LogP) is 2.85. The molecule has 0 atom stereocenters. The smallest absolute Gasteiger partial charge is 0.137 e. The Kier molecular flexibility index (Phi) is 3.87. The maximum atomic E-state index is 6.28. The summed E-state index contributed by atoms with van der Waals surface area (Å²) in [6.07, 6.45) is 2.77. The highest BCUT2D eigenvalue weighted by Gasteiger charge is 2.32. The van der Waals surface area contributed by atoms with E-state index in [0.29, 0.717) is 11.1 Å². The van der Waals surface area contributed by atoms with E-state index in [0.717, 1.165) is 49.4 Å². The van der Waals surface area contributed by atoms with E-state index in [1.54, 1.807) is 0 Å². The Hall–Kier alpha value is -0.870. The lowest BCUT2D eigenvalue weighted by molar-refractivity contribution is 0.247. The SMILES string of the molecule is Cc1c(Cl)nc(C(C)C)nc1N1CCN(C2CC2)CC1. The van der Waals surface area contributed by atoms with Crippen LogP contribution in [0.25, 0.3) is 0 Å². The summed E-state index contributed by atoms with van der Waals surface area (Å²) >= 11 is 6.28. The van der Waals surface area contributed by atoms with Crippen molar-refractivity contribution >= 4 is 17.4 Å². The molecule has 2 fully saturated rings. The van der Waals surface area contributed by atoms with E-state index in [1.807, 2.05) is 6.92 Å². The first-order valence-corrected chi connectivity index (χ1v) is 7.97. The minimum Gasteiger partial charge on any atom is -0.354 e. The summed E-state index contributed by atoms with van der Waals surface area (Å²) in [4.78, 5) is 14.1. The summed E-state index contributed by atoms with van der Waals surface area (Å²) in [6, 6.07) is 0.860. The van der Waals surface area contributed by atoms with Crippen molar-refractivity contribution in [2.75, 3.05) is 31.1 Å². The zero-order chi connectivity index (χ0) is 14.3. The quantitative estimate of drug-likeness (QED) is 0.803. The molecule has 3 rings (SSSR count). The Morgan fingerprint density at radius 3 is 2.30 bits per heavy atom. The molecule has 2 aliphatic rings. The van der Waals surface area contributed by atoms with Gasteiger partial charge in [-0.15, -0.1) is 0 Å². The Balaban J connectivity index is 1.79. The third-order valence-electron chi connectivity index (χ3n) is 4.27. The van der Waals surface area contributed by atoms with Gasteiger partial charge in [-0.3, -0.25) is 4.90 Å². The fourth-order valence-corrected chi connectivity index (χ4v) is 2.97. The molecule has 1 aromatic rings. The number of hydrogen-bond acceptors (Lipinski definition) is 4. The number of piperazine rings is 1. The fraction of sp³-hybridized carbons (Fsp3) is 0.733. The molecular formula is C15H23ClN4. The zero-order valence-corrected chi connectivity index (χ0v) is 13.3. The molecule has 0 aromatic carbocycles. The minimum absolute atomic E-state index is 0.305. The third kappa shape index (κ3) is 2.77. The number of halogens is 1. The lowest BCUT2D eigenvalue weighted by Gasteiger charge is -2.36. The largest absolute Gasteiger partial charge is 0.354 e. The average Bonchev–Trinajstić information content (AvgIpc) is 3.26. The van der Waals surface area contributed by atoms with Crippen LogP contribution in [0.4, 0.5) is 5.82 Å². The average molecular weight is 295 g/mol. The van der Waals surface area contributed by atoms with Crippen LogP contribution >= 0.6 is 11.6 Å². The van der Waals surface area contributed by atoms with Gasteiger partial charge in [0.2, 0.25) is 0 Å². The summed E-state index contributed by atoms with van der Waals surface area (Å²) in [6.45, 7) is 10.6. The van der Waals surface area contributed by atoms with Crippen molar-refractivity contribution in [1.29, 1.82) is 0 Å².